The molecule has 2 heteroatoms. The highest BCUT2D eigenvalue weighted by Gasteiger charge is 2.28. The Balaban J connectivity index is 1.91. The molecule has 3 rings (SSSR count). The summed E-state index contributed by atoms with van der Waals surface area (Å²) in [6.07, 6.45) is 0.986. The molecule has 0 N–H and O–H groups in total. The van der Waals surface area contributed by atoms with Crippen LogP contribution in [0.25, 0.3) is 0 Å². The van der Waals surface area contributed by atoms with Gasteiger partial charge in [0.1, 0.15) is 5.75 Å². The van der Waals surface area contributed by atoms with Crippen molar-refractivity contribution in [2.45, 2.75) is 6.32 Å². The first-order chi connectivity index (χ1) is 7.43. The van der Waals surface area contributed by atoms with Gasteiger partial charge in [-0.1, -0.05) is 48.5 Å². The lowest BCUT2D eigenvalue weighted by molar-refractivity contribution is 0.601. The molecule has 0 radical (unpaired) electrons. The normalized spacial score (nSPS) is 13.5. The van der Waals surface area contributed by atoms with Crippen molar-refractivity contribution in [1.82, 2.24) is 0 Å². The molecule has 0 fully saturated rings. The van der Waals surface area contributed by atoms with Crippen LogP contribution in [0.3, 0.4) is 0 Å². The molecule has 15 heavy (non-hydrogen) atoms. The summed E-state index contributed by atoms with van der Waals surface area (Å²) in [4.78, 5) is 0. The molecule has 1 heterocycles. The lowest BCUT2D eigenvalue weighted by atomic mass is 9.58. The predicted molar refractivity (Wildman–Crippen MR) is 62.6 cm³/mol. The van der Waals surface area contributed by atoms with Crippen LogP contribution < -0.4 is 10.1 Å². The molecule has 72 valence electrons. The van der Waals surface area contributed by atoms with E-state index >= 15 is 0 Å². The second-order valence-electron chi connectivity index (χ2n) is 3.83. The molecule has 0 bridgehead atoms. The molecule has 0 aromatic heterocycles. The van der Waals surface area contributed by atoms with Gasteiger partial charge in [-0.05, 0) is 23.4 Å². The second kappa shape index (κ2) is 3.46. The van der Waals surface area contributed by atoms with Crippen LogP contribution in [0, 0.1) is 0 Å². The maximum absolute atomic E-state index is 5.89. The minimum Gasteiger partial charge on any atom is -0.555 e. The minimum absolute atomic E-state index is 0.198. The first-order valence-corrected chi connectivity index (χ1v) is 5.23. The Kier molecular flexibility index (Phi) is 1.99. The Morgan fingerprint density at radius 3 is 2.40 bits per heavy atom. The van der Waals surface area contributed by atoms with E-state index in [-0.39, 0.29) is 6.92 Å². The zero-order valence-corrected chi connectivity index (χ0v) is 8.39. The fourth-order valence-corrected chi connectivity index (χ4v) is 2.04. The van der Waals surface area contributed by atoms with E-state index in [0.717, 1.165) is 12.1 Å². The van der Waals surface area contributed by atoms with E-state index in [1.54, 1.807) is 0 Å². The van der Waals surface area contributed by atoms with Crippen molar-refractivity contribution in [2.75, 3.05) is 0 Å². The standard InChI is InChI=1S/C13H11BO/c1-2-7-12(8-3-1)14-10-11-6-4-5-9-13(11)15-14/h1-9H,10H2. The maximum Gasteiger partial charge on any atom is 0.396 e. The van der Waals surface area contributed by atoms with Gasteiger partial charge in [-0.3, -0.25) is 0 Å². The lowest BCUT2D eigenvalue weighted by Gasteiger charge is -2.06. The summed E-state index contributed by atoms with van der Waals surface area (Å²) in [6, 6.07) is 18.7. The molecule has 0 saturated carbocycles. The highest BCUT2D eigenvalue weighted by molar-refractivity contribution is 6.68. The van der Waals surface area contributed by atoms with Crippen LogP contribution in [0.2, 0.25) is 0 Å². The molecule has 0 amide bonds. The molecule has 2 aromatic rings. The van der Waals surface area contributed by atoms with Gasteiger partial charge in [0.05, 0.1) is 0 Å². The average Bonchev–Trinajstić information content (AvgIpc) is 2.74. The van der Waals surface area contributed by atoms with Crippen molar-refractivity contribution in [3.63, 3.8) is 0 Å². The minimum atomic E-state index is 0.198. The highest BCUT2D eigenvalue weighted by atomic mass is 16.4. The molecule has 0 atom stereocenters. The van der Waals surface area contributed by atoms with Crippen molar-refractivity contribution >= 4 is 12.4 Å². The number of para-hydroxylation sites is 1. The van der Waals surface area contributed by atoms with Gasteiger partial charge in [0.15, 0.2) is 0 Å². The fourth-order valence-electron chi connectivity index (χ4n) is 2.04. The van der Waals surface area contributed by atoms with Crippen molar-refractivity contribution in [2.24, 2.45) is 0 Å². The number of hydrogen-bond donors (Lipinski definition) is 0. The van der Waals surface area contributed by atoms with Crippen molar-refractivity contribution in [3.05, 3.63) is 60.2 Å². The first kappa shape index (κ1) is 8.60. The van der Waals surface area contributed by atoms with Crippen LogP contribution in [0.5, 0.6) is 5.75 Å². The summed E-state index contributed by atoms with van der Waals surface area (Å²) in [5.74, 6) is 1.03. The lowest BCUT2D eigenvalue weighted by Crippen LogP contribution is -2.34. The Labute approximate surface area is 89.8 Å². The highest BCUT2D eigenvalue weighted by Crippen LogP contribution is 2.26. The topological polar surface area (TPSA) is 9.23 Å². The summed E-state index contributed by atoms with van der Waals surface area (Å²) in [6.45, 7) is 0.198. The molecule has 1 nitrogen and oxygen atoms in total. The zero-order chi connectivity index (χ0) is 10.1. The largest absolute Gasteiger partial charge is 0.555 e. The van der Waals surface area contributed by atoms with Crippen LogP contribution >= 0.6 is 0 Å². The Morgan fingerprint density at radius 1 is 0.867 bits per heavy atom. The molecule has 1 aliphatic rings. The van der Waals surface area contributed by atoms with Crippen molar-refractivity contribution < 1.29 is 4.65 Å². The summed E-state index contributed by atoms with van der Waals surface area (Å²) in [5, 5.41) is 0. The van der Waals surface area contributed by atoms with Gasteiger partial charge >= 0.3 is 6.92 Å². The van der Waals surface area contributed by atoms with Gasteiger partial charge in [-0.15, -0.1) is 0 Å². The third-order valence-electron chi connectivity index (χ3n) is 2.82. The van der Waals surface area contributed by atoms with Crippen LogP contribution in [0.1, 0.15) is 5.56 Å². The Bertz CT molecular complexity index is 442. The van der Waals surface area contributed by atoms with Gasteiger partial charge < -0.3 is 4.65 Å². The smallest absolute Gasteiger partial charge is 0.396 e. The maximum atomic E-state index is 5.89. The Hall–Kier alpha value is -1.70. The molecule has 0 aliphatic carbocycles. The molecular formula is C13H11BO. The number of fused-ring (bicyclic) bond motifs is 1. The van der Waals surface area contributed by atoms with E-state index in [0.29, 0.717) is 0 Å². The third-order valence-corrected chi connectivity index (χ3v) is 2.82. The van der Waals surface area contributed by atoms with E-state index in [2.05, 4.69) is 36.4 Å². The third kappa shape index (κ3) is 1.52. The molecule has 2 aromatic carbocycles. The molecule has 0 saturated heterocycles. The van der Waals surface area contributed by atoms with Crippen LogP contribution in [-0.2, 0) is 6.32 Å². The Morgan fingerprint density at radius 2 is 1.60 bits per heavy atom. The van der Waals surface area contributed by atoms with E-state index in [1.807, 2.05) is 18.2 Å². The van der Waals surface area contributed by atoms with Crippen molar-refractivity contribution in [3.8, 4) is 5.75 Å². The van der Waals surface area contributed by atoms with Crippen molar-refractivity contribution in [1.29, 1.82) is 0 Å². The molecular weight excluding hydrogens is 183 g/mol. The molecule has 0 spiro atoms. The predicted octanol–water partition coefficient (Wildman–Crippen LogP) is 2.06. The quantitative estimate of drug-likeness (QED) is 0.631. The summed E-state index contributed by atoms with van der Waals surface area (Å²) >= 11 is 0. The molecule has 1 aliphatic heterocycles. The number of benzene rings is 2. The average molecular weight is 194 g/mol. The van der Waals surface area contributed by atoms with Crippen LogP contribution in [-0.4, -0.2) is 6.92 Å². The van der Waals surface area contributed by atoms with Crippen LogP contribution in [0.15, 0.2) is 54.6 Å². The summed E-state index contributed by atoms with van der Waals surface area (Å²) in [7, 11) is 0. The first-order valence-electron chi connectivity index (χ1n) is 5.23. The summed E-state index contributed by atoms with van der Waals surface area (Å²) < 4.78 is 5.89. The monoisotopic (exact) mass is 194 g/mol. The van der Waals surface area contributed by atoms with Gasteiger partial charge in [0.2, 0.25) is 0 Å². The number of rotatable bonds is 1. The van der Waals surface area contributed by atoms with E-state index in [9.17, 15) is 0 Å². The van der Waals surface area contributed by atoms with E-state index in [1.165, 1.54) is 11.0 Å². The van der Waals surface area contributed by atoms with Gasteiger partial charge in [0, 0.05) is 0 Å². The summed E-state index contributed by atoms with van der Waals surface area (Å²) in [5.41, 5.74) is 2.57. The molecule has 0 unspecified atom stereocenters. The van der Waals surface area contributed by atoms with Gasteiger partial charge in [-0.25, -0.2) is 0 Å². The van der Waals surface area contributed by atoms with Crippen LogP contribution in [0.4, 0.5) is 0 Å². The van der Waals surface area contributed by atoms with Gasteiger partial charge in [-0.2, -0.15) is 0 Å². The fraction of sp³-hybridized carbons (Fsp3) is 0.0769. The van der Waals surface area contributed by atoms with Gasteiger partial charge in [0.25, 0.3) is 0 Å². The number of hydrogen-bond acceptors (Lipinski definition) is 1. The van der Waals surface area contributed by atoms with E-state index < -0.39 is 0 Å². The SMILES string of the molecule is c1ccc(B2Cc3ccccc3O2)cc1. The van der Waals surface area contributed by atoms with E-state index in [4.69, 9.17) is 4.65 Å². The second-order valence-corrected chi connectivity index (χ2v) is 3.83. The zero-order valence-electron chi connectivity index (χ0n) is 8.39.